The molecule has 0 atom stereocenters. The summed E-state index contributed by atoms with van der Waals surface area (Å²) in [4.78, 5) is 25.2. The lowest BCUT2D eigenvalue weighted by molar-refractivity contribution is -0.128. The predicted molar refractivity (Wildman–Crippen MR) is 34.2 cm³/mol. The number of hydrogen-bond acceptors (Lipinski definition) is 4. The molecule has 0 spiro atoms. The molecule has 4 heteroatoms. The van der Waals surface area contributed by atoms with E-state index in [-0.39, 0.29) is 11.4 Å². The van der Waals surface area contributed by atoms with Crippen LogP contribution in [0.2, 0.25) is 0 Å². The average Bonchev–Trinajstić information content (AvgIpc) is 2.30. The maximum Gasteiger partial charge on any atom is 0.386 e. The van der Waals surface area contributed by atoms with Crippen molar-refractivity contribution in [3.63, 3.8) is 0 Å². The highest BCUT2D eigenvalue weighted by Gasteiger charge is 2.31. The van der Waals surface area contributed by atoms with E-state index < -0.39 is 11.8 Å². The Labute approximate surface area is 61.8 Å². The number of ether oxygens (including phenoxy) is 1. The summed E-state index contributed by atoms with van der Waals surface area (Å²) in [5, 5.41) is 0. The number of carbonyl (C=O) groups is 2. The molecule has 0 saturated heterocycles. The van der Waals surface area contributed by atoms with Crippen LogP contribution in [0.3, 0.4) is 0 Å². The van der Waals surface area contributed by atoms with Gasteiger partial charge in [-0.2, -0.15) is 0 Å². The van der Waals surface area contributed by atoms with Crippen LogP contribution in [0.5, 0.6) is 5.75 Å². The number of esters is 1. The van der Waals surface area contributed by atoms with E-state index in [2.05, 4.69) is 9.72 Å². The van der Waals surface area contributed by atoms with Crippen molar-refractivity contribution in [2.24, 2.45) is 0 Å². The van der Waals surface area contributed by atoms with Crippen LogP contribution in [0, 0.1) is 0 Å². The number of ketones is 1. The van der Waals surface area contributed by atoms with E-state index in [1.807, 2.05) is 0 Å². The van der Waals surface area contributed by atoms with Gasteiger partial charge in [0.1, 0.15) is 0 Å². The van der Waals surface area contributed by atoms with E-state index in [1.54, 1.807) is 6.07 Å². The molecule has 4 nitrogen and oxygen atoms in total. The molecular weight excluding hydrogens is 146 g/mol. The second-order valence-electron chi connectivity index (χ2n) is 2.07. The smallest absolute Gasteiger partial charge is 0.386 e. The highest BCUT2D eigenvalue weighted by atomic mass is 16.5. The van der Waals surface area contributed by atoms with E-state index in [0.717, 1.165) is 0 Å². The number of pyridine rings is 1. The molecule has 1 aromatic heterocycles. The minimum absolute atomic E-state index is 0.109. The Bertz CT molecular complexity index is 345. The first-order valence-electron chi connectivity index (χ1n) is 3.00. The van der Waals surface area contributed by atoms with Crippen molar-refractivity contribution in [1.29, 1.82) is 0 Å². The molecule has 0 aliphatic carbocycles. The van der Waals surface area contributed by atoms with Crippen molar-refractivity contribution in [3.8, 4) is 5.75 Å². The lowest BCUT2D eigenvalue weighted by Gasteiger charge is -1.89. The van der Waals surface area contributed by atoms with Gasteiger partial charge >= 0.3 is 5.97 Å². The van der Waals surface area contributed by atoms with Gasteiger partial charge in [-0.05, 0) is 12.1 Å². The molecule has 0 fully saturated rings. The third-order valence-electron chi connectivity index (χ3n) is 1.37. The molecule has 54 valence electrons. The Morgan fingerprint density at radius 2 is 2.18 bits per heavy atom. The zero-order chi connectivity index (χ0) is 7.84. The van der Waals surface area contributed by atoms with Crippen LogP contribution in [0.25, 0.3) is 0 Å². The molecule has 11 heavy (non-hydrogen) atoms. The van der Waals surface area contributed by atoms with Gasteiger partial charge in [-0.15, -0.1) is 0 Å². The second kappa shape index (κ2) is 1.88. The topological polar surface area (TPSA) is 56.3 Å². The van der Waals surface area contributed by atoms with Crippen molar-refractivity contribution in [1.82, 2.24) is 4.98 Å². The van der Waals surface area contributed by atoms with Crippen LogP contribution in [-0.4, -0.2) is 16.7 Å². The third kappa shape index (κ3) is 0.724. The fourth-order valence-electron chi connectivity index (χ4n) is 0.886. The van der Waals surface area contributed by atoms with Gasteiger partial charge in [-0.25, -0.2) is 9.78 Å². The monoisotopic (exact) mass is 149 g/mol. The van der Waals surface area contributed by atoms with E-state index in [0.29, 0.717) is 0 Å². The lowest BCUT2D eigenvalue weighted by atomic mass is 10.3. The molecule has 2 heterocycles. The first kappa shape index (κ1) is 6.03. The van der Waals surface area contributed by atoms with Gasteiger partial charge in [0.25, 0.3) is 5.78 Å². The van der Waals surface area contributed by atoms with Crippen molar-refractivity contribution < 1.29 is 14.3 Å². The highest BCUT2D eigenvalue weighted by Crippen LogP contribution is 2.22. The molecule has 1 aliphatic rings. The SMILES string of the molecule is O=C1Oc2cccnc2C1=O. The van der Waals surface area contributed by atoms with Gasteiger partial charge in [0.05, 0.1) is 0 Å². The summed E-state index contributed by atoms with van der Waals surface area (Å²) in [6, 6.07) is 3.13. The zero-order valence-corrected chi connectivity index (χ0v) is 5.40. The molecule has 0 bridgehead atoms. The quantitative estimate of drug-likeness (QED) is 0.390. The molecular formula is C7H3NO3. The van der Waals surface area contributed by atoms with E-state index in [9.17, 15) is 9.59 Å². The van der Waals surface area contributed by atoms with Crippen LogP contribution in [-0.2, 0) is 4.79 Å². The Morgan fingerprint density at radius 3 is 2.91 bits per heavy atom. The van der Waals surface area contributed by atoms with Crippen LogP contribution < -0.4 is 4.74 Å². The molecule has 1 aliphatic heterocycles. The van der Waals surface area contributed by atoms with Gasteiger partial charge < -0.3 is 4.74 Å². The van der Waals surface area contributed by atoms with E-state index in [1.165, 1.54) is 12.3 Å². The van der Waals surface area contributed by atoms with Crippen molar-refractivity contribution in [2.45, 2.75) is 0 Å². The molecule has 2 rings (SSSR count). The van der Waals surface area contributed by atoms with E-state index in [4.69, 9.17) is 0 Å². The normalized spacial score (nSPS) is 14.5. The molecule has 1 aromatic rings. The number of rotatable bonds is 0. The summed E-state index contributed by atoms with van der Waals surface area (Å²) in [5.74, 6) is -1.26. The molecule has 0 N–H and O–H groups in total. The molecule has 0 aromatic carbocycles. The Balaban J connectivity index is 2.64. The Kier molecular flexibility index (Phi) is 1.03. The van der Waals surface area contributed by atoms with Crippen LogP contribution in [0.4, 0.5) is 0 Å². The van der Waals surface area contributed by atoms with Crippen LogP contribution in [0.15, 0.2) is 18.3 Å². The summed E-state index contributed by atoms with van der Waals surface area (Å²) in [6.07, 6.45) is 1.44. The maximum atomic E-state index is 10.9. The van der Waals surface area contributed by atoms with Gasteiger partial charge in [0.2, 0.25) is 0 Å². The number of fused-ring (bicyclic) bond motifs is 1. The summed E-state index contributed by atoms with van der Waals surface area (Å²) >= 11 is 0. The summed E-state index contributed by atoms with van der Waals surface area (Å²) in [5.41, 5.74) is 0.109. The first-order chi connectivity index (χ1) is 5.29. The fraction of sp³-hybridized carbons (Fsp3) is 0. The minimum atomic E-state index is -0.848. The third-order valence-corrected chi connectivity index (χ3v) is 1.37. The average molecular weight is 149 g/mol. The minimum Gasteiger partial charge on any atom is -0.418 e. The second-order valence-corrected chi connectivity index (χ2v) is 2.07. The fourth-order valence-corrected chi connectivity index (χ4v) is 0.886. The number of carbonyl (C=O) groups excluding carboxylic acids is 2. The molecule has 0 radical (unpaired) electrons. The number of hydrogen-bond donors (Lipinski definition) is 0. The van der Waals surface area contributed by atoms with Gasteiger partial charge in [0.15, 0.2) is 11.4 Å². The standard InChI is InChI=1S/C7H3NO3/c9-6-5-4(11-7(6)10)2-1-3-8-5/h1-3H. The Morgan fingerprint density at radius 1 is 1.36 bits per heavy atom. The number of aromatic nitrogens is 1. The summed E-state index contributed by atoms with van der Waals surface area (Å²) in [7, 11) is 0. The van der Waals surface area contributed by atoms with Crippen LogP contribution in [0.1, 0.15) is 10.5 Å². The first-order valence-corrected chi connectivity index (χ1v) is 3.00. The van der Waals surface area contributed by atoms with Crippen LogP contribution >= 0.6 is 0 Å². The van der Waals surface area contributed by atoms with Gasteiger partial charge in [-0.3, -0.25) is 4.79 Å². The van der Waals surface area contributed by atoms with Crippen molar-refractivity contribution in [3.05, 3.63) is 24.0 Å². The largest absolute Gasteiger partial charge is 0.418 e. The van der Waals surface area contributed by atoms with E-state index >= 15 is 0 Å². The molecule has 0 saturated carbocycles. The number of Topliss-reactive ketones (excluding diaryl/α,β-unsaturated/α-hetero) is 1. The number of nitrogens with zero attached hydrogens (tertiary/aromatic N) is 1. The summed E-state index contributed by atoms with van der Waals surface area (Å²) in [6.45, 7) is 0. The van der Waals surface area contributed by atoms with Gasteiger partial charge in [-0.1, -0.05) is 0 Å². The zero-order valence-electron chi connectivity index (χ0n) is 5.40. The van der Waals surface area contributed by atoms with Crippen molar-refractivity contribution in [2.75, 3.05) is 0 Å². The van der Waals surface area contributed by atoms with Gasteiger partial charge in [0, 0.05) is 6.20 Å². The predicted octanol–water partition coefficient (Wildman–Crippen LogP) is 0.183. The highest BCUT2D eigenvalue weighted by molar-refractivity contribution is 6.43. The lowest BCUT2D eigenvalue weighted by Crippen LogP contribution is -2.10. The van der Waals surface area contributed by atoms with Crippen molar-refractivity contribution >= 4 is 11.8 Å². The molecule has 0 amide bonds. The Hall–Kier alpha value is -1.71. The summed E-state index contributed by atoms with van der Waals surface area (Å²) < 4.78 is 4.57. The molecule has 0 unspecified atom stereocenters. The maximum absolute atomic E-state index is 10.9.